The third-order valence-electron chi connectivity index (χ3n) is 4.55. The van der Waals surface area contributed by atoms with Crippen LogP contribution in [-0.4, -0.2) is 32.9 Å². The number of sulfonamides is 1. The summed E-state index contributed by atoms with van der Waals surface area (Å²) in [7, 11) is -2.50. The maximum atomic E-state index is 12.9. The van der Waals surface area contributed by atoms with Crippen LogP contribution in [0, 0.1) is 6.92 Å². The zero-order valence-corrected chi connectivity index (χ0v) is 15.6. The van der Waals surface area contributed by atoms with Crippen molar-refractivity contribution in [3.8, 4) is 0 Å². The summed E-state index contributed by atoms with van der Waals surface area (Å²) in [6.07, 6.45) is 1.88. The van der Waals surface area contributed by atoms with Gasteiger partial charge in [0, 0.05) is 12.1 Å². The zero-order valence-electron chi connectivity index (χ0n) is 14.8. The molecule has 0 bridgehead atoms. The molecule has 1 aliphatic rings. The Bertz CT molecular complexity index is 894. The molecule has 26 heavy (non-hydrogen) atoms. The fourth-order valence-electron chi connectivity index (χ4n) is 3.33. The molecule has 1 heterocycles. The quantitative estimate of drug-likeness (QED) is 0.817. The van der Waals surface area contributed by atoms with Gasteiger partial charge in [-0.05, 0) is 49.6 Å². The number of nitrogens with zero attached hydrogens (tertiary/aromatic N) is 1. The van der Waals surface area contributed by atoms with Crippen molar-refractivity contribution < 1.29 is 18.0 Å². The molecule has 0 saturated carbocycles. The Balaban J connectivity index is 1.82. The third kappa shape index (κ3) is 3.80. The predicted molar refractivity (Wildman–Crippen MR) is 98.0 cm³/mol. The Hall–Kier alpha value is -2.22. The molecule has 1 atom stereocenters. The number of amides is 1. The van der Waals surface area contributed by atoms with Gasteiger partial charge in [-0.1, -0.05) is 34.7 Å². The van der Waals surface area contributed by atoms with Gasteiger partial charge in [-0.2, -0.15) is 0 Å². The van der Waals surface area contributed by atoms with Gasteiger partial charge in [0.05, 0.1) is 18.0 Å². The third-order valence-corrected chi connectivity index (χ3v) is 5.82. The number of rotatable bonds is 5. The lowest BCUT2D eigenvalue weighted by Crippen LogP contribution is -2.30. The van der Waals surface area contributed by atoms with Gasteiger partial charge in [-0.15, -0.1) is 0 Å². The fourth-order valence-corrected chi connectivity index (χ4v) is 4.14. The van der Waals surface area contributed by atoms with E-state index in [0.29, 0.717) is 12.1 Å². The topological polar surface area (TPSA) is 75.7 Å². The number of hydrogen-bond donors (Lipinski definition) is 1. The van der Waals surface area contributed by atoms with Crippen LogP contribution in [0.3, 0.4) is 0 Å². The van der Waals surface area contributed by atoms with E-state index in [1.54, 1.807) is 0 Å². The summed E-state index contributed by atoms with van der Waals surface area (Å²) in [5.74, 6) is -0.0855. The van der Waals surface area contributed by atoms with Crippen LogP contribution in [0.4, 0.5) is 0 Å². The number of carbonyl (C=O) groups excluding carboxylic acids is 1. The largest absolute Gasteiger partial charge is 0.332 e. The molecule has 6 nitrogen and oxygen atoms in total. The Morgan fingerprint density at radius 1 is 1.19 bits per heavy atom. The Morgan fingerprint density at radius 2 is 1.92 bits per heavy atom. The van der Waals surface area contributed by atoms with E-state index in [4.69, 9.17) is 0 Å². The van der Waals surface area contributed by atoms with Gasteiger partial charge in [0.1, 0.15) is 0 Å². The summed E-state index contributed by atoms with van der Waals surface area (Å²) < 4.78 is 23.8. The maximum absolute atomic E-state index is 12.9. The van der Waals surface area contributed by atoms with Gasteiger partial charge >= 0.3 is 0 Å². The predicted octanol–water partition coefficient (Wildman–Crippen LogP) is 2.81. The van der Waals surface area contributed by atoms with Crippen LogP contribution in [0.1, 0.15) is 40.4 Å². The van der Waals surface area contributed by atoms with E-state index >= 15 is 0 Å². The smallest absolute Gasteiger partial charge is 0.262 e. The van der Waals surface area contributed by atoms with E-state index in [-0.39, 0.29) is 16.8 Å². The molecule has 7 heteroatoms. The van der Waals surface area contributed by atoms with Gasteiger partial charge in [-0.3, -0.25) is 9.63 Å². The molecular weight excluding hydrogens is 352 g/mol. The highest BCUT2D eigenvalue weighted by Crippen LogP contribution is 2.33. The van der Waals surface area contributed by atoms with Crippen LogP contribution < -0.4 is 4.89 Å². The van der Waals surface area contributed by atoms with Crippen molar-refractivity contribution in [1.82, 2.24) is 9.79 Å². The Morgan fingerprint density at radius 3 is 2.58 bits per heavy atom. The highest BCUT2D eigenvalue weighted by atomic mass is 32.2. The van der Waals surface area contributed by atoms with E-state index in [0.717, 1.165) is 18.4 Å². The molecule has 2 aromatic rings. The van der Waals surface area contributed by atoms with Crippen molar-refractivity contribution in [2.75, 3.05) is 13.7 Å². The van der Waals surface area contributed by atoms with Crippen molar-refractivity contribution >= 4 is 15.9 Å². The minimum absolute atomic E-state index is 0.0487. The number of aryl methyl sites for hydroxylation is 1. The van der Waals surface area contributed by atoms with E-state index < -0.39 is 10.0 Å². The average molecular weight is 374 g/mol. The van der Waals surface area contributed by atoms with E-state index in [1.807, 2.05) is 28.8 Å². The number of nitrogens with one attached hydrogen (secondary N) is 1. The van der Waals surface area contributed by atoms with Crippen LogP contribution in [0.2, 0.25) is 0 Å². The van der Waals surface area contributed by atoms with Crippen LogP contribution in [0.5, 0.6) is 0 Å². The minimum atomic E-state index is -3.73. The molecule has 138 valence electrons. The van der Waals surface area contributed by atoms with Gasteiger partial charge in [0.25, 0.3) is 15.9 Å². The molecule has 1 saturated heterocycles. The number of benzene rings is 2. The van der Waals surface area contributed by atoms with Crippen LogP contribution in [-0.2, 0) is 14.9 Å². The second-order valence-electron chi connectivity index (χ2n) is 6.39. The monoisotopic (exact) mass is 374 g/mol. The van der Waals surface area contributed by atoms with Crippen LogP contribution in [0.15, 0.2) is 53.4 Å². The first-order chi connectivity index (χ1) is 12.4. The highest BCUT2D eigenvalue weighted by Gasteiger charge is 2.30. The molecule has 0 radical (unpaired) electrons. The number of carbonyl (C=O) groups is 1. The van der Waals surface area contributed by atoms with Crippen molar-refractivity contribution in [2.45, 2.75) is 30.7 Å². The lowest BCUT2D eigenvalue weighted by Gasteiger charge is -2.25. The Kier molecular flexibility index (Phi) is 5.41. The van der Waals surface area contributed by atoms with Gasteiger partial charge in [0.15, 0.2) is 0 Å². The summed E-state index contributed by atoms with van der Waals surface area (Å²) in [5.41, 5.74) is 2.78. The molecule has 2 aromatic carbocycles. The summed E-state index contributed by atoms with van der Waals surface area (Å²) >= 11 is 0. The van der Waals surface area contributed by atoms with Crippen LogP contribution in [0.25, 0.3) is 0 Å². The SMILES string of the molecule is CONS(=O)(=O)c1ccc(C(=O)N2CCC[C@@H]2c2cccc(C)c2)cc1. The Labute approximate surface area is 153 Å². The van der Waals surface area contributed by atoms with Gasteiger partial charge < -0.3 is 4.90 Å². The molecule has 1 N–H and O–H groups in total. The van der Waals surface area contributed by atoms with E-state index in [2.05, 4.69) is 17.0 Å². The lowest BCUT2D eigenvalue weighted by molar-refractivity contribution is 0.0735. The van der Waals surface area contributed by atoms with Gasteiger partial charge in [0.2, 0.25) is 0 Å². The summed E-state index contributed by atoms with van der Waals surface area (Å²) in [5, 5.41) is 0. The van der Waals surface area contributed by atoms with E-state index in [9.17, 15) is 13.2 Å². The zero-order chi connectivity index (χ0) is 18.7. The summed E-state index contributed by atoms with van der Waals surface area (Å²) in [4.78, 5) is 21.3. The molecule has 0 unspecified atom stereocenters. The van der Waals surface area contributed by atoms with Gasteiger partial charge in [-0.25, -0.2) is 8.42 Å². The molecule has 0 aromatic heterocycles. The molecule has 1 fully saturated rings. The molecule has 1 amide bonds. The molecule has 1 aliphatic heterocycles. The van der Waals surface area contributed by atoms with Crippen molar-refractivity contribution in [2.24, 2.45) is 0 Å². The molecular formula is C19H22N2O4S. The van der Waals surface area contributed by atoms with Crippen molar-refractivity contribution in [1.29, 1.82) is 0 Å². The first kappa shape index (κ1) is 18.6. The van der Waals surface area contributed by atoms with E-state index in [1.165, 1.54) is 36.9 Å². The first-order valence-electron chi connectivity index (χ1n) is 8.45. The molecule has 0 aliphatic carbocycles. The van der Waals surface area contributed by atoms with Crippen molar-refractivity contribution in [3.63, 3.8) is 0 Å². The molecule has 0 spiro atoms. The summed E-state index contributed by atoms with van der Waals surface area (Å²) in [6.45, 7) is 2.74. The lowest BCUT2D eigenvalue weighted by atomic mass is 10.0. The second kappa shape index (κ2) is 7.57. The maximum Gasteiger partial charge on any atom is 0.262 e. The highest BCUT2D eigenvalue weighted by molar-refractivity contribution is 7.89. The average Bonchev–Trinajstić information content (AvgIpc) is 3.11. The molecule has 3 rings (SSSR count). The second-order valence-corrected chi connectivity index (χ2v) is 8.03. The fraction of sp³-hybridized carbons (Fsp3) is 0.316. The van der Waals surface area contributed by atoms with Crippen molar-refractivity contribution in [3.05, 3.63) is 65.2 Å². The first-order valence-corrected chi connectivity index (χ1v) is 9.93. The van der Waals surface area contributed by atoms with Crippen LogP contribution >= 0.6 is 0 Å². The standard InChI is InChI=1S/C19H22N2O4S/c1-14-5-3-6-16(13-14)18-7-4-12-21(18)19(22)15-8-10-17(11-9-15)26(23,24)20-25-2/h3,5-6,8-11,13,18,20H,4,7,12H2,1-2H3/t18-/m1/s1. The summed E-state index contributed by atoms with van der Waals surface area (Å²) in [6, 6.07) is 14.2. The normalized spacial score (nSPS) is 17.5. The minimum Gasteiger partial charge on any atom is -0.332 e. The number of hydrogen-bond acceptors (Lipinski definition) is 4. The number of likely N-dealkylation sites (tertiary alicyclic amines) is 1.